The summed E-state index contributed by atoms with van der Waals surface area (Å²) in [6, 6.07) is 12.8. The molecule has 1 aromatic carbocycles. The molecule has 1 aliphatic heterocycles. The van der Waals surface area contributed by atoms with E-state index in [-0.39, 0.29) is 11.9 Å². The van der Waals surface area contributed by atoms with Gasteiger partial charge >= 0.3 is 6.03 Å². The number of furan rings is 1. The number of amides is 2. The zero-order valence-corrected chi connectivity index (χ0v) is 12.2. The molecule has 0 unspecified atom stereocenters. The van der Waals surface area contributed by atoms with Crippen molar-refractivity contribution >= 4 is 11.7 Å². The maximum atomic E-state index is 12.1. The van der Waals surface area contributed by atoms with Gasteiger partial charge in [-0.15, -0.1) is 0 Å². The SMILES string of the molecule is O=C(Nc1ccccc1)N1CC(c2nc(-c3ccco3)no2)C1. The van der Waals surface area contributed by atoms with Crippen LogP contribution in [0.2, 0.25) is 0 Å². The molecule has 0 atom stereocenters. The van der Waals surface area contributed by atoms with Crippen LogP contribution in [0.1, 0.15) is 11.8 Å². The van der Waals surface area contributed by atoms with Crippen molar-refractivity contribution in [3.63, 3.8) is 0 Å². The summed E-state index contributed by atoms with van der Waals surface area (Å²) in [7, 11) is 0. The lowest BCUT2D eigenvalue weighted by Crippen LogP contribution is -2.50. The van der Waals surface area contributed by atoms with E-state index in [1.54, 1.807) is 23.3 Å². The van der Waals surface area contributed by atoms with Crippen molar-refractivity contribution in [3.8, 4) is 11.6 Å². The van der Waals surface area contributed by atoms with E-state index >= 15 is 0 Å². The molecule has 4 rings (SSSR count). The number of aromatic nitrogens is 2. The zero-order chi connectivity index (χ0) is 15.6. The fourth-order valence-corrected chi connectivity index (χ4v) is 2.43. The number of rotatable bonds is 3. The number of hydrogen-bond donors (Lipinski definition) is 1. The lowest BCUT2D eigenvalue weighted by Gasteiger charge is -2.36. The second-order valence-corrected chi connectivity index (χ2v) is 5.33. The molecule has 2 aromatic heterocycles. The number of carbonyl (C=O) groups excluding carboxylic acids is 1. The van der Waals surface area contributed by atoms with Gasteiger partial charge in [0.05, 0.1) is 12.2 Å². The molecular formula is C16H14N4O3. The predicted molar refractivity (Wildman–Crippen MR) is 81.8 cm³/mol. The second kappa shape index (κ2) is 5.60. The van der Waals surface area contributed by atoms with E-state index in [2.05, 4.69) is 15.5 Å². The van der Waals surface area contributed by atoms with Crippen LogP contribution in [-0.2, 0) is 0 Å². The van der Waals surface area contributed by atoms with Crippen LogP contribution in [-0.4, -0.2) is 34.2 Å². The van der Waals surface area contributed by atoms with Crippen LogP contribution in [0.25, 0.3) is 11.6 Å². The van der Waals surface area contributed by atoms with Gasteiger partial charge in [-0.2, -0.15) is 4.98 Å². The monoisotopic (exact) mass is 310 g/mol. The number of anilines is 1. The van der Waals surface area contributed by atoms with Gasteiger partial charge in [-0.05, 0) is 24.3 Å². The molecule has 0 saturated carbocycles. The predicted octanol–water partition coefficient (Wildman–Crippen LogP) is 2.96. The minimum atomic E-state index is -0.127. The number of benzene rings is 1. The van der Waals surface area contributed by atoms with Crippen molar-refractivity contribution in [2.45, 2.75) is 5.92 Å². The Labute approximate surface area is 131 Å². The van der Waals surface area contributed by atoms with Crippen molar-refractivity contribution in [3.05, 3.63) is 54.6 Å². The molecule has 0 bridgehead atoms. The summed E-state index contributed by atoms with van der Waals surface area (Å²) in [5.41, 5.74) is 0.777. The Morgan fingerprint density at radius 1 is 1.17 bits per heavy atom. The normalized spacial score (nSPS) is 14.5. The van der Waals surface area contributed by atoms with Gasteiger partial charge in [0.1, 0.15) is 0 Å². The van der Waals surface area contributed by atoms with Crippen LogP contribution in [0.3, 0.4) is 0 Å². The molecule has 7 heteroatoms. The van der Waals surface area contributed by atoms with Gasteiger partial charge in [0.2, 0.25) is 11.7 Å². The topological polar surface area (TPSA) is 84.4 Å². The maximum absolute atomic E-state index is 12.1. The van der Waals surface area contributed by atoms with Gasteiger partial charge in [-0.25, -0.2) is 4.79 Å². The van der Waals surface area contributed by atoms with Crippen molar-refractivity contribution < 1.29 is 13.7 Å². The molecular weight excluding hydrogens is 296 g/mol. The number of nitrogens with one attached hydrogen (secondary N) is 1. The summed E-state index contributed by atoms with van der Waals surface area (Å²) in [5, 5.41) is 6.75. The minimum absolute atomic E-state index is 0.0627. The fourth-order valence-electron chi connectivity index (χ4n) is 2.43. The molecule has 1 fully saturated rings. The summed E-state index contributed by atoms with van der Waals surface area (Å²) in [5.74, 6) is 1.59. The Balaban J connectivity index is 1.35. The third kappa shape index (κ3) is 2.68. The van der Waals surface area contributed by atoms with Crippen LogP contribution < -0.4 is 5.32 Å². The highest BCUT2D eigenvalue weighted by atomic mass is 16.5. The standard InChI is InChI=1S/C16H14N4O3/c21-16(17-12-5-2-1-3-6-12)20-9-11(10-20)15-18-14(19-23-15)13-7-4-8-22-13/h1-8,11H,9-10H2,(H,17,21). The highest BCUT2D eigenvalue weighted by Gasteiger charge is 2.35. The van der Waals surface area contributed by atoms with Crippen molar-refractivity contribution in [2.75, 3.05) is 18.4 Å². The largest absolute Gasteiger partial charge is 0.461 e. The number of carbonyl (C=O) groups is 1. The molecule has 23 heavy (non-hydrogen) atoms. The smallest absolute Gasteiger partial charge is 0.321 e. The van der Waals surface area contributed by atoms with Gasteiger partial charge < -0.3 is 19.2 Å². The quantitative estimate of drug-likeness (QED) is 0.804. The molecule has 1 saturated heterocycles. The lowest BCUT2D eigenvalue weighted by molar-refractivity contribution is 0.147. The number of nitrogens with zero attached hydrogens (tertiary/aromatic N) is 3. The third-order valence-corrected chi connectivity index (χ3v) is 3.73. The number of urea groups is 1. The molecule has 3 aromatic rings. The van der Waals surface area contributed by atoms with Gasteiger partial charge in [0, 0.05) is 18.8 Å². The summed E-state index contributed by atoms with van der Waals surface area (Å²) in [4.78, 5) is 18.1. The highest BCUT2D eigenvalue weighted by Crippen LogP contribution is 2.28. The molecule has 116 valence electrons. The van der Waals surface area contributed by atoms with E-state index in [1.807, 2.05) is 30.3 Å². The number of hydrogen-bond acceptors (Lipinski definition) is 5. The second-order valence-electron chi connectivity index (χ2n) is 5.33. The highest BCUT2D eigenvalue weighted by molar-refractivity contribution is 5.89. The first-order valence-corrected chi connectivity index (χ1v) is 7.28. The van der Waals surface area contributed by atoms with Gasteiger partial charge in [-0.1, -0.05) is 23.4 Å². The average Bonchev–Trinajstić information content (AvgIpc) is 3.17. The molecule has 0 spiro atoms. The van der Waals surface area contributed by atoms with Crippen LogP contribution in [0.5, 0.6) is 0 Å². The van der Waals surface area contributed by atoms with Crippen LogP contribution in [0, 0.1) is 0 Å². The molecule has 2 amide bonds. The molecule has 1 aliphatic rings. The van der Waals surface area contributed by atoms with Crippen molar-refractivity contribution in [2.24, 2.45) is 0 Å². The summed E-state index contributed by atoms with van der Waals surface area (Å²) in [6.45, 7) is 1.11. The van der Waals surface area contributed by atoms with E-state index in [9.17, 15) is 4.79 Å². The summed E-state index contributed by atoms with van der Waals surface area (Å²) < 4.78 is 10.5. The molecule has 1 N–H and O–H groups in total. The summed E-state index contributed by atoms with van der Waals surface area (Å²) in [6.07, 6.45) is 1.56. The molecule has 0 radical (unpaired) electrons. The first kappa shape index (κ1) is 13.6. The maximum Gasteiger partial charge on any atom is 0.321 e. The average molecular weight is 310 g/mol. The third-order valence-electron chi connectivity index (χ3n) is 3.73. The number of para-hydroxylation sites is 1. The van der Waals surface area contributed by atoms with Crippen LogP contribution in [0.15, 0.2) is 57.7 Å². The van der Waals surface area contributed by atoms with Gasteiger partial charge in [-0.3, -0.25) is 0 Å². The Morgan fingerprint density at radius 3 is 2.74 bits per heavy atom. The Morgan fingerprint density at radius 2 is 2.00 bits per heavy atom. The van der Waals surface area contributed by atoms with Gasteiger partial charge in [0.25, 0.3) is 0 Å². The Bertz CT molecular complexity index is 792. The van der Waals surface area contributed by atoms with Crippen molar-refractivity contribution in [1.82, 2.24) is 15.0 Å². The molecule has 0 aliphatic carbocycles. The zero-order valence-electron chi connectivity index (χ0n) is 12.2. The van der Waals surface area contributed by atoms with E-state index in [1.165, 1.54) is 0 Å². The lowest BCUT2D eigenvalue weighted by atomic mass is 10.0. The van der Waals surface area contributed by atoms with E-state index in [0.29, 0.717) is 30.6 Å². The van der Waals surface area contributed by atoms with E-state index in [4.69, 9.17) is 8.94 Å². The molecule has 7 nitrogen and oxygen atoms in total. The fraction of sp³-hybridized carbons (Fsp3) is 0.188. The first-order valence-electron chi connectivity index (χ1n) is 7.28. The Hall–Kier alpha value is -3.09. The van der Waals surface area contributed by atoms with E-state index in [0.717, 1.165) is 5.69 Å². The van der Waals surface area contributed by atoms with Crippen LogP contribution in [0.4, 0.5) is 10.5 Å². The van der Waals surface area contributed by atoms with Gasteiger partial charge in [0.15, 0.2) is 5.76 Å². The molecule has 3 heterocycles. The summed E-state index contributed by atoms with van der Waals surface area (Å²) >= 11 is 0. The van der Waals surface area contributed by atoms with Crippen molar-refractivity contribution in [1.29, 1.82) is 0 Å². The number of likely N-dealkylation sites (tertiary alicyclic amines) is 1. The minimum Gasteiger partial charge on any atom is -0.461 e. The first-order chi connectivity index (χ1) is 11.3. The van der Waals surface area contributed by atoms with Crippen LogP contribution >= 0.6 is 0 Å². The Kier molecular flexibility index (Phi) is 3.30. The van der Waals surface area contributed by atoms with E-state index < -0.39 is 0 Å².